The molecule has 202 valence electrons. The fourth-order valence-corrected chi connectivity index (χ4v) is 4.34. The average Bonchev–Trinajstić information content (AvgIpc) is 2.84. The lowest BCUT2D eigenvalue weighted by Crippen LogP contribution is -2.76. The van der Waals surface area contributed by atoms with Gasteiger partial charge in [0.25, 0.3) is 7.82 Å². The van der Waals surface area contributed by atoms with Gasteiger partial charge >= 0.3 is 5.97 Å². The van der Waals surface area contributed by atoms with Gasteiger partial charge in [0, 0.05) is 40.4 Å². The maximum atomic E-state index is 12.9. The molecule has 2 aromatic rings. The molecule has 10 heteroatoms. The molecule has 0 spiro atoms. The van der Waals surface area contributed by atoms with Crippen LogP contribution in [0.1, 0.15) is 42.3 Å². The number of rotatable bonds is 6. The zero-order valence-electron chi connectivity index (χ0n) is 22.1. The van der Waals surface area contributed by atoms with Gasteiger partial charge in [0.1, 0.15) is 17.9 Å². The average molecular weight is 541 g/mol. The van der Waals surface area contributed by atoms with Crippen LogP contribution < -0.4 is 20.6 Å². The number of ether oxygens (including phenoxy) is 1. The molecule has 0 bridgehead atoms. The summed E-state index contributed by atoms with van der Waals surface area (Å²) in [5, 5.41) is 5.42. The molecule has 4 N–H and O–H groups in total. The summed E-state index contributed by atoms with van der Waals surface area (Å²) in [4.78, 5) is 39.2. The number of fused-ring (bicyclic) bond motifs is 2. The van der Waals surface area contributed by atoms with E-state index < -0.39 is 7.82 Å². The number of anilines is 1. The second kappa shape index (κ2) is 12.4. The van der Waals surface area contributed by atoms with E-state index in [1.54, 1.807) is 0 Å². The highest BCUT2D eigenvalue weighted by Crippen LogP contribution is 2.42. The lowest BCUT2D eigenvalue weighted by molar-refractivity contribution is -0.496. The van der Waals surface area contributed by atoms with Crippen LogP contribution in [0.4, 0.5) is 5.69 Å². The predicted molar refractivity (Wildman–Crippen MR) is 145 cm³/mol. The molecule has 9 nitrogen and oxygen atoms in total. The summed E-state index contributed by atoms with van der Waals surface area (Å²) in [6.45, 7) is 12.1. The van der Waals surface area contributed by atoms with Crippen molar-refractivity contribution < 1.29 is 38.2 Å². The Balaban J connectivity index is 0.000000732. The van der Waals surface area contributed by atoms with Crippen molar-refractivity contribution in [2.75, 3.05) is 25.0 Å². The number of hydrogen-bond acceptors (Lipinski definition) is 6. The Morgan fingerprint density at radius 2 is 1.74 bits per heavy atom. The molecule has 2 aliphatic rings. The van der Waals surface area contributed by atoms with Crippen molar-refractivity contribution in [1.82, 2.24) is 0 Å². The Bertz CT molecular complexity index is 1530. The maximum Gasteiger partial charge on any atom is 0.338 e. The molecule has 0 saturated carbocycles. The number of carbonyl (C=O) groups is 1. The molecule has 0 fully saturated rings. The van der Waals surface area contributed by atoms with Crippen LogP contribution >= 0.6 is 7.82 Å². The molecule has 0 amide bonds. The van der Waals surface area contributed by atoms with Crippen molar-refractivity contribution in [3.8, 4) is 22.5 Å². The minimum absolute atomic E-state index is 0.322. The summed E-state index contributed by atoms with van der Waals surface area (Å²) in [7, 11) is -4.89. The van der Waals surface area contributed by atoms with Gasteiger partial charge in [-0.25, -0.2) is 9.79 Å². The van der Waals surface area contributed by atoms with E-state index >= 15 is 0 Å². The summed E-state index contributed by atoms with van der Waals surface area (Å²) >= 11 is 0. The van der Waals surface area contributed by atoms with Gasteiger partial charge in [-0.2, -0.15) is 0 Å². The smallest absolute Gasteiger partial charge is 0.338 e. The van der Waals surface area contributed by atoms with Crippen LogP contribution in [-0.4, -0.2) is 35.5 Å². The lowest BCUT2D eigenvalue weighted by atomic mass is 9.89. The molecule has 38 heavy (non-hydrogen) atoms. The Morgan fingerprint density at radius 1 is 1.05 bits per heavy atom. The van der Waals surface area contributed by atoms with Crippen LogP contribution in [0.3, 0.4) is 0 Å². The van der Waals surface area contributed by atoms with Gasteiger partial charge in [-0.15, -0.1) is 0 Å². The highest BCUT2D eigenvalue weighted by Gasteiger charge is 2.23. The van der Waals surface area contributed by atoms with E-state index in [1.165, 1.54) is 0 Å². The van der Waals surface area contributed by atoms with E-state index in [2.05, 4.69) is 62.3 Å². The normalized spacial score (nSPS) is 11.8. The highest BCUT2D eigenvalue weighted by atomic mass is 31.2. The van der Waals surface area contributed by atoms with Crippen LogP contribution in [0.25, 0.3) is 33.4 Å². The van der Waals surface area contributed by atoms with Gasteiger partial charge in [-0.05, 0) is 63.9 Å². The first kappa shape index (κ1) is 29.1. The zero-order valence-corrected chi connectivity index (χ0v) is 23.0. The SMILES string of the molecule is CCNc1cc2oc3cc(=[NH+]CC)c(C)cc-3c(-c3ccccc3C(=O)OCC)c2cc1C.O=P([O-])(O)O. The number of phosphoric acid groups is 1. The summed E-state index contributed by atoms with van der Waals surface area (Å²) in [6, 6.07) is 16.0. The minimum atomic E-state index is -4.89. The Labute approximate surface area is 221 Å². The Kier molecular flexibility index (Phi) is 9.46. The van der Waals surface area contributed by atoms with E-state index in [0.29, 0.717) is 12.2 Å². The molecule has 1 heterocycles. The quantitative estimate of drug-likeness (QED) is 0.166. The van der Waals surface area contributed by atoms with Crippen LogP contribution in [0.2, 0.25) is 0 Å². The Morgan fingerprint density at radius 3 is 2.37 bits per heavy atom. The molecule has 2 aromatic carbocycles. The molecule has 0 saturated heterocycles. The number of esters is 1. The molecule has 0 aromatic heterocycles. The van der Waals surface area contributed by atoms with E-state index in [1.807, 2.05) is 31.2 Å². The van der Waals surface area contributed by atoms with Crippen molar-refractivity contribution in [2.45, 2.75) is 34.6 Å². The molecular formula is C28H33N2O7P. The first-order valence-electron chi connectivity index (χ1n) is 12.3. The third-order valence-corrected chi connectivity index (χ3v) is 5.84. The van der Waals surface area contributed by atoms with Gasteiger partial charge in [-0.1, -0.05) is 18.2 Å². The van der Waals surface area contributed by atoms with Gasteiger partial charge in [-0.3, -0.25) is 4.57 Å². The lowest BCUT2D eigenvalue weighted by Gasteiger charge is -2.19. The monoisotopic (exact) mass is 540 g/mol. The van der Waals surface area contributed by atoms with Crippen LogP contribution in [0.5, 0.6) is 0 Å². The molecule has 1 aliphatic carbocycles. The molecule has 4 rings (SSSR count). The van der Waals surface area contributed by atoms with Crippen LogP contribution in [-0.2, 0) is 9.30 Å². The highest BCUT2D eigenvalue weighted by molar-refractivity contribution is 7.43. The topological polar surface area (TPSA) is 146 Å². The van der Waals surface area contributed by atoms with E-state index in [-0.39, 0.29) is 5.97 Å². The second-order valence-electron chi connectivity index (χ2n) is 8.62. The van der Waals surface area contributed by atoms with Gasteiger partial charge < -0.3 is 29.2 Å². The van der Waals surface area contributed by atoms with Gasteiger partial charge in [0.05, 0.1) is 18.2 Å². The molecule has 0 atom stereocenters. The molecular weight excluding hydrogens is 507 g/mol. The number of carbonyl (C=O) groups excluding carboxylic acids is 1. The fourth-order valence-electron chi connectivity index (χ4n) is 4.34. The summed E-state index contributed by atoms with van der Waals surface area (Å²) in [5.74, 6) is 0.446. The third-order valence-electron chi connectivity index (χ3n) is 5.84. The third kappa shape index (κ3) is 6.88. The summed E-state index contributed by atoms with van der Waals surface area (Å²) < 4.78 is 20.6. The van der Waals surface area contributed by atoms with Crippen molar-refractivity contribution >= 4 is 30.4 Å². The summed E-state index contributed by atoms with van der Waals surface area (Å²) in [5.41, 5.74) is 7.38. The fraction of sp³-hybridized carbons (Fsp3) is 0.286. The molecule has 0 radical (unpaired) electrons. The standard InChI is InChI=1S/C28H30N2O3.H3O4P/c1-6-29-23-15-25-21(13-17(23)4)27(19-11-9-10-12-20(19)28(31)32-8-3)22-14-18(5)24(30-7-2)16-26(22)33-25;1-5(2,3)4/h9-16,29H,6-8H2,1-5H3;(H3,1,2,3,4). The van der Waals surface area contributed by atoms with E-state index in [0.717, 1.165) is 68.7 Å². The van der Waals surface area contributed by atoms with E-state index in [4.69, 9.17) is 28.4 Å². The second-order valence-corrected chi connectivity index (χ2v) is 9.60. The molecule has 0 unspecified atom stereocenters. The molecule has 1 aliphatic heterocycles. The summed E-state index contributed by atoms with van der Waals surface area (Å²) in [6.07, 6.45) is 0. The predicted octanol–water partition coefficient (Wildman–Crippen LogP) is 2.87. The largest absolute Gasteiger partial charge is 0.756 e. The van der Waals surface area contributed by atoms with Crippen molar-refractivity contribution in [3.05, 3.63) is 70.6 Å². The minimum Gasteiger partial charge on any atom is -0.756 e. The maximum absolute atomic E-state index is 12.9. The van der Waals surface area contributed by atoms with Crippen LogP contribution in [0.15, 0.2) is 52.9 Å². The zero-order chi connectivity index (χ0) is 28.0. The van der Waals surface area contributed by atoms with Gasteiger partial charge in [0.2, 0.25) is 5.36 Å². The van der Waals surface area contributed by atoms with Crippen LogP contribution in [0, 0.1) is 13.8 Å². The van der Waals surface area contributed by atoms with Crippen molar-refractivity contribution in [2.24, 2.45) is 0 Å². The number of hydrogen-bond donors (Lipinski definition) is 4. The first-order valence-corrected chi connectivity index (χ1v) is 13.9. The number of nitrogens with one attached hydrogen (secondary N) is 2. The first-order chi connectivity index (χ1) is 18.0. The van der Waals surface area contributed by atoms with Crippen molar-refractivity contribution in [1.29, 1.82) is 0 Å². The van der Waals surface area contributed by atoms with E-state index in [9.17, 15) is 4.79 Å². The van der Waals surface area contributed by atoms with Crippen molar-refractivity contribution in [3.63, 3.8) is 0 Å². The number of benzene rings is 3. The van der Waals surface area contributed by atoms with Gasteiger partial charge in [0.15, 0.2) is 0 Å². The number of aryl methyl sites for hydroxylation is 2. The Hall–Kier alpha value is -3.49.